The lowest BCUT2D eigenvalue weighted by Gasteiger charge is -2.07. The normalized spacial score (nSPS) is 25.3. The molecule has 1 nitrogen and oxygen atoms in total. The third-order valence-electron chi connectivity index (χ3n) is 2.89. The Hall–Kier alpha value is -1.03. The molecule has 1 aliphatic carbocycles. The first kappa shape index (κ1) is 10.5. The van der Waals surface area contributed by atoms with Crippen LogP contribution in [0.3, 0.4) is 0 Å². The fraction of sp³-hybridized carbons (Fsp3) is 0.455. The van der Waals surface area contributed by atoms with Gasteiger partial charge in [0.15, 0.2) is 0 Å². The van der Waals surface area contributed by atoms with Gasteiger partial charge in [0.05, 0.1) is 5.56 Å². The highest BCUT2D eigenvalue weighted by Crippen LogP contribution is 2.46. The fourth-order valence-corrected chi connectivity index (χ4v) is 1.84. The number of hydrogen-bond donors (Lipinski definition) is 1. The summed E-state index contributed by atoms with van der Waals surface area (Å²) in [5.41, 5.74) is 5.86. The number of hydrogen-bond acceptors (Lipinski definition) is 1. The van der Waals surface area contributed by atoms with Gasteiger partial charge in [0.2, 0.25) is 0 Å². The molecule has 0 spiro atoms. The minimum Gasteiger partial charge on any atom is -0.330 e. The van der Waals surface area contributed by atoms with E-state index in [0.717, 1.165) is 24.1 Å². The van der Waals surface area contributed by atoms with Gasteiger partial charge in [-0.25, -0.2) is 0 Å². The summed E-state index contributed by atoms with van der Waals surface area (Å²) in [6.45, 7) is 0.617. The van der Waals surface area contributed by atoms with E-state index in [9.17, 15) is 13.2 Å². The molecule has 1 unspecified atom stereocenters. The lowest BCUT2D eigenvalue weighted by molar-refractivity contribution is -0.137. The second kappa shape index (κ2) is 3.52. The van der Waals surface area contributed by atoms with Crippen LogP contribution in [0.5, 0.6) is 0 Å². The molecular formula is C11H12F3N. The van der Waals surface area contributed by atoms with E-state index in [-0.39, 0.29) is 0 Å². The van der Waals surface area contributed by atoms with Crippen molar-refractivity contribution in [1.82, 2.24) is 0 Å². The summed E-state index contributed by atoms with van der Waals surface area (Å²) in [6.07, 6.45) is -3.24. The zero-order valence-corrected chi connectivity index (χ0v) is 8.09. The van der Waals surface area contributed by atoms with Crippen molar-refractivity contribution in [3.63, 3.8) is 0 Å². The van der Waals surface area contributed by atoms with Gasteiger partial charge < -0.3 is 5.73 Å². The molecule has 0 aromatic heterocycles. The van der Waals surface area contributed by atoms with Crippen molar-refractivity contribution in [3.8, 4) is 0 Å². The number of benzene rings is 1. The average Bonchev–Trinajstić information content (AvgIpc) is 2.95. The first-order chi connectivity index (χ1) is 7.02. The SMILES string of the molecule is NC[C@@H]1CC1c1ccc(C(F)(F)F)cc1. The average molecular weight is 215 g/mol. The van der Waals surface area contributed by atoms with E-state index < -0.39 is 11.7 Å². The summed E-state index contributed by atoms with van der Waals surface area (Å²) in [5, 5.41) is 0. The van der Waals surface area contributed by atoms with Gasteiger partial charge in [0.25, 0.3) is 0 Å². The fourth-order valence-electron chi connectivity index (χ4n) is 1.84. The zero-order chi connectivity index (χ0) is 11.1. The van der Waals surface area contributed by atoms with E-state index in [1.165, 1.54) is 0 Å². The molecule has 1 fully saturated rings. The summed E-state index contributed by atoms with van der Waals surface area (Å²) >= 11 is 0. The van der Waals surface area contributed by atoms with E-state index in [1.54, 1.807) is 12.1 Å². The van der Waals surface area contributed by atoms with Crippen LogP contribution in [0, 0.1) is 5.92 Å². The molecule has 2 rings (SSSR count). The molecule has 1 aliphatic rings. The van der Waals surface area contributed by atoms with Gasteiger partial charge in [0.1, 0.15) is 0 Å². The van der Waals surface area contributed by atoms with Crippen LogP contribution in [0.25, 0.3) is 0 Å². The third-order valence-corrected chi connectivity index (χ3v) is 2.89. The van der Waals surface area contributed by atoms with Crippen molar-refractivity contribution >= 4 is 0 Å². The number of halogens is 3. The summed E-state index contributed by atoms with van der Waals surface area (Å²) in [7, 11) is 0. The molecule has 0 aliphatic heterocycles. The van der Waals surface area contributed by atoms with Crippen molar-refractivity contribution in [2.24, 2.45) is 11.7 Å². The van der Waals surface area contributed by atoms with Gasteiger partial charge in [-0.1, -0.05) is 12.1 Å². The van der Waals surface area contributed by atoms with E-state index in [1.807, 2.05) is 0 Å². The lowest BCUT2D eigenvalue weighted by Crippen LogP contribution is -2.05. The predicted molar refractivity (Wildman–Crippen MR) is 51.3 cm³/mol. The number of nitrogens with two attached hydrogens (primary N) is 1. The van der Waals surface area contributed by atoms with E-state index >= 15 is 0 Å². The van der Waals surface area contributed by atoms with Crippen LogP contribution in [0.4, 0.5) is 13.2 Å². The Bertz CT molecular complexity index is 342. The Labute approximate surface area is 86.1 Å². The Kier molecular flexibility index (Phi) is 2.46. The van der Waals surface area contributed by atoms with Gasteiger partial charge in [-0.05, 0) is 42.5 Å². The standard InChI is InChI=1S/C11H12F3N/c12-11(13,14)9-3-1-7(2-4-9)10-5-8(10)6-15/h1-4,8,10H,5-6,15H2/t8-,10?/m0/s1. The van der Waals surface area contributed by atoms with Crippen LogP contribution in [0.1, 0.15) is 23.5 Å². The highest BCUT2D eigenvalue weighted by molar-refractivity contribution is 5.30. The minimum atomic E-state index is -4.24. The number of rotatable bonds is 2. The molecule has 0 heterocycles. The monoisotopic (exact) mass is 215 g/mol. The maximum Gasteiger partial charge on any atom is 0.416 e. The maximum absolute atomic E-state index is 12.3. The summed E-state index contributed by atoms with van der Waals surface area (Å²) in [4.78, 5) is 0. The molecule has 0 saturated heterocycles. The maximum atomic E-state index is 12.3. The molecule has 4 heteroatoms. The zero-order valence-electron chi connectivity index (χ0n) is 8.09. The largest absolute Gasteiger partial charge is 0.416 e. The van der Waals surface area contributed by atoms with Crippen LogP contribution in [-0.2, 0) is 6.18 Å². The molecule has 0 amide bonds. The quantitative estimate of drug-likeness (QED) is 0.806. The van der Waals surface area contributed by atoms with Crippen molar-refractivity contribution < 1.29 is 13.2 Å². The topological polar surface area (TPSA) is 26.0 Å². The van der Waals surface area contributed by atoms with Crippen LogP contribution in [-0.4, -0.2) is 6.54 Å². The first-order valence-electron chi connectivity index (χ1n) is 4.89. The minimum absolute atomic E-state index is 0.372. The van der Waals surface area contributed by atoms with Gasteiger partial charge in [-0.3, -0.25) is 0 Å². The highest BCUT2D eigenvalue weighted by atomic mass is 19.4. The molecule has 1 saturated carbocycles. The Balaban J connectivity index is 2.12. The molecule has 1 aromatic rings. The van der Waals surface area contributed by atoms with E-state index in [4.69, 9.17) is 5.73 Å². The Morgan fingerprint density at radius 2 is 1.80 bits per heavy atom. The Morgan fingerprint density at radius 1 is 1.20 bits per heavy atom. The van der Waals surface area contributed by atoms with Gasteiger partial charge in [0, 0.05) is 0 Å². The molecular weight excluding hydrogens is 203 g/mol. The van der Waals surface area contributed by atoms with Crippen molar-refractivity contribution in [2.75, 3.05) is 6.54 Å². The first-order valence-corrected chi connectivity index (χ1v) is 4.89. The molecule has 2 N–H and O–H groups in total. The molecule has 82 valence electrons. The second-order valence-corrected chi connectivity index (χ2v) is 3.96. The van der Waals surface area contributed by atoms with E-state index in [0.29, 0.717) is 18.4 Å². The molecule has 1 aromatic carbocycles. The van der Waals surface area contributed by atoms with Crippen molar-refractivity contribution in [3.05, 3.63) is 35.4 Å². The second-order valence-electron chi connectivity index (χ2n) is 3.96. The van der Waals surface area contributed by atoms with Crippen LogP contribution < -0.4 is 5.73 Å². The molecule has 2 atom stereocenters. The Morgan fingerprint density at radius 3 is 2.20 bits per heavy atom. The van der Waals surface area contributed by atoms with Crippen molar-refractivity contribution in [1.29, 1.82) is 0 Å². The summed E-state index contributed by atoms with van der Waals surface area (Å²) in [5.74, 6) is 0.832. The lowest BCUT2D eigenvalue weighted by atomic mass is 10.1. The van der Waals surface area contributed by atoms with E-state index in [2.05, 4.69) is 0 Å². The van der Waals surface area contributed by atoms with Gasteiger partial charge in [-0.15, -0.1) is 0 Å². The number of alkyl halides is 3. The van der Waals surface area contributed by atoms with Gasteiger partial charge >= 0.3 is 6.18 Å². The van der Waals surface area contributed by atoms with Gasteiger partial charge in [-0.2, -0.15) is 13.2 Å². The smallest absolute Gasteiger partial charge is 0.330 e. The van der Waals surface area contributed by atoms with Crippen molar-refractivity contribution in [2.45, 2.75) is 18.5 Å². The molecule has 15 heavy (non-hydrogen) atoms. The van der Waals surface area contributed by atoms with Crippen LogP contribution >= 0.6 is 0 Å². The van der Waals surface area contributed by atoms with Crippen LogP contribution in [0.15, 0.2) is 24.3 Å². The predicted octanol–water partition coefficient (Wildman–Crippen LogP) is 2.77. The summed E-state index contributed by atoms with van der Waals surface area (Å²) in [6, 6.07) is 5.40. The summed E-state index contributed by atoms with van der Waals surface area (Å²) < 4.78 is 36.8. The molecule has 0 bridgehead atoms. The molecule has 0 radical (unpaired) electrons. The van der Waals surface area contributed by atoms with Crippen LogP contribution in [0.2, 0.25) is 0 Å². The third kappa shape index (κ3) is 2.15. The highest BCUT2D eigenvalue weighted by Gasteiger charge is 2.37.